The second kappa shape index (κ2) is 18.6. The zero-order chi connectivity index (χ0) is 44.9. The molecule has 1 aromatic rings. The number of hydrogen-bond acceptors (Lipinski definition) is 15. The monoisotopic (exact) mass is 874 g/mol. The van der Waals surface area contributed by atoms with Crippen molar-refractivity contribution in [2.75, 3.05) is 20.3 Å². The minimum absolute atomic E-state index is 0.0145. The van der Waals surface area contributed by atoms with Crippen molar-refractivity contribution in [3.63, 3.8) is 0 Å². The highest BCUT2D eigenvalue weighted by Crippen LogP contribution is 2.70. The van der Waals surface area contributed by atoms with Crippen molar-refractivity contribution in [1.29, 1.82) is 0 Å². The minimum atomic E-state index is -1.65. The normalized spacial score (nSPS) is 43.4. The molecule has 18 atom stereocenters. The largest absolute Gasteiger partial charge is 0.497 e. The Labute approximate surface area is 365 Å². The summed E-state index contributed by atoms with van der Waals surface area (Å²) in [4.78, 5) is 40.3. The van der Waals surface area contributed by atoms with E-state index in [9.17, 15) is 39.9 Å². The van der Waals surface area contributed by atoms with Crippen molar-refractivity contribution < 1.29 is 73.1 Å². The molecule has 0 spiro atoms. The molecule has 0 amide bonds. The number of carbonyl (C=O) groups excluding carboxylic acids is 3. The van der Waals surface area contributed by atoms with Gasteiger partial charge in [-0.1, -0.05) is 34.6 Å². The summed E-state index contributed by atoms with van der Waals surface area (Å²) in [6.45, 7) is 10.8. The van der Waals surface area contributed by atoms with E-state index in [1.807, 2.05) is 0 Å². The van der Waals surface area contributed by atoms with Crippen LogP contribution in [0.2, 0.25) is 0 Å². The SMILES string of the molecule is COc1ccc(C(=O)O[C@H]2[C@H](O[C@@H]3[C@@H](OC(C)=O)[C@H](O[C@H]4C[C@H]5[C@@H]6CCC7C[C@@H](O)CC[C@]7(C)[C@H]6CC[C@]5(C)[C@@]4(O)[C@H](C)C(=O)CCC(C)C)OC[C@@H]3O)OC[C@@H](O)[C@@H]2O)cc1. The quantitative estimate of drug-likeness (QED) is 0.176. The van der Waals surface area contributed by atoms with E-state index in [-0.39, 0.29) is 47.2 Å². The molecular weight excluding hydrogens is 805 g/mol. The molecule has 5 N–H and O–H groups in total. The number of benzene rings is 1. The Kier molecular flexibility index (Phi) is 14.2. The molecule has 15 heteroatoms. The van der Waals surface area contributed by atoms with Crippen LogP contribution in [0.3, 0.4) is 0 Å². The van der Waals surface area contributed by atoms with E-state index in [0.717, 1.165) is 38.5 Å². The Morgan fingerprint density at radius 3 is 2.15 bits per heavy atom. The second-order valence-corrected chi connectivity index (χ2v) is 20.1. The number of fused-ring (bicyclic) bond motifs is 5. The number of hydrogen-bond donors (Lipinski definition) is 5. The summed E-state index contributed by atoms with van der Waals surface area (Å²) in [5.74, 6) is -0.645. The Balaban J connectivity index is 1.17. The minimum Gasteiger partial charge on any atom is -0.497 e. The van der Waals surface area contributed by atoms with Crippen LogP contribution in [0.15, 0.2) is 24.3 Å². The topological polar surface area (TPSA) is 217 Å². The molecule has 1 unspecified atom stereocenters. The van der Waals surface area contributed by atoms with Crippen molar-refractivity contribution in [3.05, 3.63) is 29.8 Å². The first-order valence-corrected chi connectivity index (χ1v) is 22.9. The lowest BCUT2D eigenvalue weighted by atomic mass is 9.44. The molecule has 0 bridgehead atoms. The van der Waals surface area contributed by atoms with Gasteiger partial charge in [0.25, 0.3) is 0 Å². The third-order valence-electron chi connectivity index (χ3n) is 16.3. The molecule has 4 saturated carbocycles. The van der Waals surface area contributed by atoms with Gasteiger partial charge in [0.15, 0.2) is 24.8 Å². The van der Waals surface area contributed by atoms with E-state index < -0.39 is 90.8 Å². The molecule has 0 aromatic heterocycles. The predicted octanol–water partition coefficient (Wildman–Crippen LogP) is 4.10. The number of esters is 2. The van der Waals surface area contributed by atoms with Crippen LogP contribution in [0, 0.1) is 46.3 Å². The number of rotatable bonds is 13. The number of aliphatic hydroxyl groups is 5. The molecule has 15 nitrogen and oxygen atoms in total. The summed E-state index contributed by atoms with van der Waals surface area (Å²) in [5, 5.41) is 57.1. The average Bonchev–Trinajstić information content (AvgIpc) is 3.47. The van der Waals surface area contributed by atoms with Crippen molar-refractivity contribution >= 4 is 17.7 Å². The standard InChI is InChI=1S/C47H70O15/c1-24(2)8-15-34(50)25(3)47(55)37(21-33-31-14-11-28-20-29(49)16-18-45(28,5)32(31)17-19-46(33,47)6)60-44-41(59-26(4)48)39(36(52)23-58-44)62-43-40(38(53)35(51)22-57-43)61-42(54)27-9-12-30(56-7)13-10-27/h9-10,12-13,24-25,28-29,31-33,35-41,43-44,49,51-53,55H,8,11,14-23H2,1-7H3/t25-,28?,29+,31-,32+,33+,35-,36+,37+,38+,39+,40-,41-,43+,44+,45+,46+,47-/m1/s1. The Morgan fingerprint density at radius 2 is 1.48 bits per heavy atom. The molecule has 2 heterocycles. The molecule has 0 radical (unpaired) electrons. The van der Waals surface area contributed by atoms with Crippen molar-refractivity contribution in [2.45, 2.75) is 173 Å². The fourth-order valence-corrected chi connectivity index (χ4v) is 12.7. The van der Waals surface area contributed by atoms with Gasteiger partial charge in [-0.25, -0.2) is 4.79 Å². The van der Waals surface area contributed by atoms with Crippen LogP contribution in [0.25, 0.3) is 0 Å². The molecule has 1 aromatic carbocycles. The summed E-state index contributed by atoms with van der Waals surface area (Å²) in [5.41, 5.74) is -2.20. The Morgan fingerprint density at radius 1 is 0.806 bits per heavy atom. The third-order valence-corrected chi connectivity index (χ3v) is 16.3. The summed E-state index contributed by atoms with van der Waals surface area (Å²) in [7, 11) is 1.48. The zero-order valence-corrected chi connectivity index (χ0v) is 37.4. The number of ether oxygens (including phenoxy) is 7. The maximum atomic E-state index is 14.2. The summed E-state index contributed by atoms with van der Waals surface area (Å²) in [6, 6.07) is 6.06. The van der Waals surface area contributed by atoms with E-state index >= 15 is 0 Å². The lowest BCUT2D eigenvalue weighted by molar-refractivity contribution is -0.345. The molecule has 4 aliphatic carbocycles. The van der Waals surface area contributed by atoms with E-state index in [4.69, 9.17) is 33.2 Å². The molecule has 2 saturated heterocycles. The van der Waals surface area contributed by atoms with Crippen molar-refractivity contribution in [2.24, 2.45) is 46.3 Å². The first-order chi connectivity index (χ1) is 29.3. The maximum Gasteiger partial charge on any atom is 0.338 e. The van der Waals surface area contributed by atoms with Gasteiger partial charge in [-0.15, -0.1) is 0 Å². The van der Waals surface area contributed by atoms with E-state index in [1.54, 1.807) is 19.1 Å². The molecule has 7 rings (SSSR count). The summed E-state index contributed by atoms with van der Waals surface area (Å²) < 4.78 is 41.7. The number of ketones is 1. The van der Waals surface area contributed by atoms with E-state index in [0.29, 0.717) is 43.3 Å². The predicted molar refractivity (Wildman–Crippen MR) is 221 cm³/mol. The fraction of sp³-hybridized carbons (Fsp3) is 0.809. The van der Waals surface area contributed by atoms with E-state index in [2.05, 4.69) is 27.7 Å². The number of carbonyl (C=O) groups is 3. The fourth-order valence-electron chi connectivity index (χ4n) is 12.7. The van der Waals surface area contributed by atoms with Gasteiger partial charge in [-0.3, -0.25) is 9.59 Å². The summed E-state index contributed by atoms with van der Waals surface area (Å²) >= 11 is 0. The number of aliphatic hydroxyl groups excluding tert-OH is 4. The second-order valence-electron chi connectivity index (χ2n) is 20.1. The highest BCUT2D eigenvalue weighted by atomic mass is 16.8. The third kappa shape index (κ3) is 8.71. The van der Waals surface area contributed by atoms with Crippen LogP contribution < -0.4 is 4.74 Å². The number of methoxy groups -OCH3 is 1. The first kappa shape index (κ1) is 47.2. The van der Waals surface area contributed by atoms with Gasteiger partial charge >= 0.3 is 11.9 Å². The van der Waals surface area contributed by atoms with Gasteiger partial charge in [0.1, 0.15) is 41.5 Å². The van der Waals surface area contributed by atoms with Crippen LogP contribution in [-0.2, 0) is 38.0 Å². The van der Waals surface area contributed by atoms with Crippen molar-refractivity contribution in [1.82, 2.24) is 0 Å². The molecule has 62 heavy (non-hydrogen) atoms. The van der Waals surface area contributed by atoms with Gasteiger partial charge < -0.3 is 58.7 Å². The van der Waals surface area contributed by atoms with Crippen LogP contribution in [-0.4, -0.2) is 131 Å². The van der Waals surface area contributed by atoms with Crippen molar-refractivity contribution in [3.8, 4) is 5.75 Å². The first-order valence-electron chi connectivity index (χ1n) is 22.9. The molecule has 6 aliphatic rings. The lowest BCUT2D eigenvalue weighted by Gasteiger charge is -2.62. The van der Waals surface area contributed by atoms with Crippen LogP contribution in [0.4, 0.5) is 0 Å². The Bertz CT molecular complexity index is 1740. The smallest absolute Gasteiger partial charge is 0.338 e. The average molecular weight is 875 g/mol. The molecule has 2 aliphatic heterocycles. The zero-order valence-electron chi connectivity index (χ0n) is 37.4. The lowest BCUT2D eigenvalue weighted by Crippen LogP contribution is -2.64. The van der Waals surface area contributed by atoms with Gasteiger partial charge in [0.2, 0.25) is 0 Å². The Hall–Kier alpha value is -2.73. The summed E-state index contributed by atoms with van der Waals surface area (Å²) in [6.07, 6.45) is -5.77. The van der Waals surface area contributed by atoms with Crippen LogP contribution >= 0.6 is 0 Å². The van der Waals surface area contributed by atoms with Gasteiger partial charge in [0, 0.05) is 24.7 Å². The van der Waals surface area contributed by atoms with Gasteiger partial charge in [-0.05, 0) is 117 Å². The molecule has 348 valence electrons. The van der Waals surface area contributed by atoms with Crippen LogP contribution in [0.1, 0.15) is 116 Å². The number of Topliss-reactive ketones (excluding diaryl/α,β-unsaturated/α-hetero) is 1. The van der Waals surface area contributed by atoms with Crippen LogP contribution in [0.5, 0.6) is 5.75 Å². The highest BCUT2D eigenvalue weighted by molar-refractivity contribution is 5.89. The molecular formula is C47H70O15. The van der Waals surface area contributed by atoms with E-state index in [1.165, 1.54) is 26.2 Å². The van der Waals surface area contributed by atoms with Gasteiger partial charge in [0.05, 0.1) is 38.1 Å². The molecule has 6 fully saturated rings. The maximum absolute atomic E-state index is 14.2. The highest BCUT2D eigenvalue weighted by Gasteiger charge is 2.71. The van der Waals surface area contributed by atoms with Gasteiger partial charge in [-0.2, -0.15) is 0 Å².